The first kappa shape index (κ1) is 32.6. The average molecular weight is 465 g/mol. The van der Waals surface area contributed by atoms with Crippen LogP contribution in [-0.4, -0.2) is 90.9 Å². The Morgan fingerprint density at radius 1 is 0.692 bits per heavy atom. The van der Waals surface area contributed by atoms with E-state index in [1.54, 1.807) is 0 Å². The molecule has 0 aliphatic rings. The fourth-order valence-electron chi connectivity index (χ4n) is 0.758. The highest BCUT2D eigenvalue weighted by Crippen LogP contribution is 1.89. The van der Waals surface area contributed by atoms with Crippen LogP contribution in [0, 0.1) is 0 Å². The minimum absolute atomic E-state index is 0.312. The second kappa shape index (κ2) is 13.1. The highest BCUT2D eigenvalue weighted by molar-refractivity contribution is 8.07. The summed E-state index contributed by atoms with van der Waals surface area (Å²) in [6.45, 7) is 2.33. The molecule has 0 atom stereocenters. The molecule has 0 saturated heterocycles. The zero-order valence-electron chi connectivity index (χ0n) is 15.0. The van der Waals surface area contributed by atoms with Crippen molar-refractivity contribution < 1.29 is 52.9 Å². The maximum Gasteiger partial charge on any atom is 0.300 e. The van der Waals surface area contributed by atoms with Crippen molar-refractivity contribution in [3.63, 3.8) is 0 Å². The van der Waals surface area contributed by atoms with Gasteiger partial charge in [-0.1, -0.05) is 0 Å². The number of hydrogen-bond acceptors (Lipinski definition) is 10. The fourth-order valence-corrected chi connectivity index (χ4v) is 4.61. The molecule has 0 unspecified atom stereocenters. The van der Waals surface area contributed by atoms with E-state index in [1.165, 1.54) is 6.92 Å². The lowest BCUT2D eigenvalue weighted by molar-refractivity contribution is -0.134. The molecule has 0 amide bonds. The monoisotopic (exact) mass is 464 g/mol. The van der Waals surface area contributed by atoms with Gasteiger partial charge in [-0.05, 0) is 6.92 Å². The zero-order chi connectivity index (χ0) is 22.6. The Morgan fingerprint density at radius 2 is 0.885 bits per heavy atom. The lowest BCUT2D eigenvalue weighted by atomic mass is 10.5. The Morgan fingerprint density at radius 3 is 0.885 bits per heavy atom. The smallest absolute Gasteiger partial charge is 0.300 e. The lowest BCUT2D eigenvalue weighted by Gasteiger charge is -1.91. The molecule has 16 heteroatoms. The largest absolute Gasteiger partial charge is 0.481 e. The SMILES string of the molecule is CC(=O)CS(C)(=O)=O.CC(=O)O.CS(=O)(=O)CS(C)(=O)=O.CS(=O)(=O)O. The lowest BCUT2D eigenvalue weighted by Crippen LogP contribution is -2.12. The summed E-state index contributed by atoms with van der Waals surface area (Å²) in [5.41, 5.74) is 0. The van der Waals surface area contributed by atoms with Gasteiger partial charge in [-0.25, -0.2) is 25.3 Å². The Bertz CT molecular complexity index is 803. The Kier molecular flexibility index (Phi) is 16.4. The van der Waals surface area contributed by atoms with E-state index in [2.05, 4.69) is 0 Å². The first-order valence-corrected chi connectivity index (χ1v) is 14.0. The molecule has 0 aliphatic carbocycles. The van der Waals surface area contributed by atoms with Crippen molar-refractivity contribution in [2.24, 2.45) is 0 Å². The summed E-state index contributed by atoms with van der Waals surface area (Å²) in [5.74, 6) is -1.49. The van der Waals surface area contributed by atoms with Crippen LogP contribution in [0.15, 0.2) is 0 Å². The van der Waals surface area contributed by atoms with Gasteiger partial charge >= 0.3 is 0 Å². The van der Waals surface area contributed by atoms with Crippen molar-refractivity contribution in [3.05, 3.63) is 0 Å². The number of carboxylic acids is 1. The minimum Gasteiger partial charge on any atom is -0.481 e. The first-order valence-electron chi connectivity index (χ1n) is 6.00. The predicted molar refractivity (Wildman–Crippen MR) is 95.7 cm³/mol. The number of hydrogen-bond donors (Lipinski definition) is 2. The quantitative estimate of drug-likeness (QED) is 0.443. The number of carboxylic acid groups (broad SMARTS) is 1. The molecule has 0 aromatic carbocycles. The molecule has 26 heavy (non-hydrogen) atoms. The molecule has 0 spiro atoms. The third kappa shape index (κ3) is 112. The molecule has 0 aromatic rings. The summed E-state index contributed by atoms with van der Waals surface area (Å²) < 4.78 is 87.4. The van der Waals surface area contributed by atoms with E-state index in [9.17, 15) is 38.5 Å². The van der Waals surface area contributed by atoms with Crippen LogP contribution in [0.25, 0.3) is 0 Å². The normalized spacial score (nSPS) is 11.3. The molecule has 0 bridgehead atoms. The van der Waals surface area contributed by atoms with Crippen molar-refractivity contribution in [2.75, 3.05) is 35.9 Å². The molecule has 0 fully saturated rings. The van der Waals surface area contributed by atoms with E-state index in [-0.39, 0.29) is 11.5 Å². The van der Waals surface area contributed by atoms with Gasteiger partial charge in [0.2, 0.25) is 0 Å². The van der Waals surface area contributed by atoms with Crippen LogP contribution in [0.4, 0.5) is 0 Å². The van der Waals surface area contributed by atoms with Crippen LogP contribution >= 0.6 is 0 Å². The topological polar surface area (TPSA) is 211 Å². The maximum atomic E-state index is 10.3. The van der Waals surface area contributed by atoms with Gasteiger partial charge in [-0.3, -0.25) is 14.1 Å². The Balaban J connectivity index is -0.000000130. The van der Waals surface area contributed by atoms with Gasteiger partial charge in [0, 0.05) is 25.7 Å². The van der Waals surface area contributed by atoms with Gasteiger partial charge in [0.1, 0.15) is 11.5 Å². The van der Waals surface area contributed by atoms with Crippen LogP contribution < -0.4 is 0 Å². The molecule has 0 heterocycles. The number of rotatable bonds is 4. The van der Waals surface area contributed by atoms with E-state index in [1.807, 2.05) is 0 Å². The van der Waals surface area contributed by atoms with Gasteiger partial charge in [0.15, 0.2) is 34.6 Å². The van der Waals surface area contributed by atoms with Crippen molar-refractivity contribution in [3.8, 4) is 0 Å². The van der Waals surface area contributed by atoms with Crippen LogP contribution in [0.3, 0.4) is 0 Å². The minimum atomic E-state index is -3.67. The summed E-state index contributed by atoms with van der Waals surface area (Å²) in [7, 11) is -13.5. The van der Waals surface area contributed by atoms with E-state index in [0.717, 1.165) is 25.7 Å². The van der Waals surface area contributed by atoms with Gasteiger partial charge < -0.3 is 5.11 Å². The predicted octanol–water partition coefficient (Wildman–Crippen LogP) is -1.75. The summed E-state index contributed by atoms with van der Waals surface area (Å²) >= 11 is 0. The van der Waals surface area contributed by atoms with Crippen molar-refractivity contribution in [1.29, 1.82) is 0 Å². The zero-order valence-corrected chi connectivity index (χ0v) is 18.3. The fraction of sp³-hybridized carbons (Fsp3) is 0.800. The molecule has 12 nitrogen and oxygen atoms in total. The number of Topliss-reactive ketones (excluding diaryl/α,β-unsaturated/α-hetero) is 1. The third-order valence-corrected chi connectivity index (χ3v) is 5.25. The molecule has 2 N–H and O–H groups in total. The third-order valence-electron chi connectivity index (χ3n) is 0.894. The molecule has 0 aliphatic heterocycles. The highest BCUT2D eigenvalue weighted by atomic mass is 32.3. The first-order chi connectivity index (χ1) is 10.9. The van der Waals surface area contributed by atoms with E-state index in [0.29, 0.717) is 6.26 Å². The van der Waals surface area contributed by atoms with Crippen LogP contribution in [0.2, 0.25) is 0 Å². The van der Waals surface area contributed by atoms with Gasteiger partial charge in [-0.15, -0.1) is 0 Å². The van der Waals surface area contributed by atoms with Gasteiger partial charge in [-0.2, -0.15) is 8.42 Å². The van der Waals surface area contributed by atoms with E-state index in [4.69, 9.17) is 14.5 Å². The van der Waals surface area contributed by atoms with Crippen LogP contribution in [-0.2, 0) is 49.2 Å². The van der Waals surface area contributed by atoms with Crippen molar-refractivity contribution >= 4 is 51.4 Å². The average Bonchev–Trinajstić information content (AvgIpc) is 2.00. The van der Waals surface area contributed by atoms with Gasteiger partial charge in [0.25, 0.3) is 16.1 Å². The number of carbonyl (C=O) groups excluding carboxylic acids is 1. The van der Waals surface area contributed by atoms with Crippen LogP contribution in [0.1, 0.15) is 13.8 Å². The molecular formula is C10H24O12S4. The second-order valence-corrected chi connectivity index (χ2v) is 13.2. The van der Waals surface area contributed by atoms with Crippen LogP contribution in [0.5, 0.6) is 0 Å². The van der Waals surface area contributed by atoms with E-state index >= 15 is 0 Å². The maximum absolute atomic E-state index is 10.3. The summed E-state index contributed by atoms with van der Waals surface area (Å²) in [6.07, 6.45) is 3.52. The number of aliphatic carboxylic acids is 1. The number of sulfone groups is 3. The van der Waals surface area contributed by atoms with Crippen molar-refractivity contribution in [1.82, 2.24) is 0 Å². The summed E-state index contributed by atoms with van der Waals surface area (Å²) in [6, 6.07) is 0. The van der Waals surface area contributed by atoms with Gasteiger partial charge in [0.05, 0.1) is 6.26 Å². The Hall–Kier alpha value is -1.10. The van der Waals surface area contributed by atoms with Crippen molar-refractivity contribution in [2.45, 2.75) is 13.8 Å². The van der Waals surface area contributed by atoms with E-state index < -0.39 is 50.7 Å². The summed E-state index contributed by atoms with van der Waals surface area (Å²) in [5, 5.41) is 6.65. The summed E-state index contributed by atoms with van der Waals surface area (Å²) in [4.78, 5) is 19.1. The number of carbonyl (C=O) groups is 2. The second-order valence-electron chi connectivity index (χ2n) is 4.99. The molecule has 0 radical (unpaired) electrons. The Labute approximate surface area is 154 Å². The highest BCUT2D eigenvalue weighted by Gasteiger charge is 2.11. The molecule has 0 saturated carbocycles. The standard InChI is InChI=1S/C4H8O3S.C3H8O4S2.C2H4O2.CH4O3S/c1-4(5)3-8(2,6)7;1-8(4,5)3-9(2,6)7;1-2(3)4;1-5(2,3)4/h3H2,1-2H3;3H2,1-2H3;1H3,(H,3,4);1H3,(H,2,3,4). The molecule has 160 valence electrons. The molecule has 0 aromatic heterocycles. The number of ketones is 1. The molecular weight excluding hydrogens is 440 g/mol. The molecule has 0 rings (SSSR count).